The lowest BCUT2D eigenvalue weighted by atomic mass is 10.3. The van der Waals surface area contributed by atoms with E-state index in [4.69, 9.17) is 26.8 Å². The van der Waals surface area contributed by atoms with Gasteiger partial charge >= 0.3 is 0 Å². The molecule has 84 valence electrons. The summed E-state index contributed by atoms with van der Waals surface area (Å²) in [5, 5.41) is 0.0680. The molecule has 0 aliphatic carbocycles. The molecule has 0 radical (unpaired) electrons. The molecular weight excluding hydrogens is 221 g/mol. The molecule has 1 atom stereocenters. The van der Waals surface area contributed by atoms with Crippen LogP contribution in [0.1, 0.15) is 0 Å². The van der Waals surface area contributed by atoms with E-state index in [2.05, 4.69) is 0 Å². The fourth-order valence-electron chi connectivity index (χ4n) is 1.08. The van der Waals surface area contributed by atoms with Crippen LogP contribution in [0, 0.1) is 5.82 Å². The second-order valence-electron chi connectivity index (χ2n) is 3.01. The van der Waals surface area contributed by atoms with E-state index in [0.29, 0.717) is 18.9 Å². The van der Waals surface area contributed by atoms with Crippen molar-refractivity contribution in [2.45, 2.75) is 6.10 Å². The Morgan fingerprint density at radius 1 is 1.53 bits per heavy atom. The number of hydrogen-bond donors (Lipinski definition) is 1. The van der Waals surface area contributed by atoms with Gasteiger partial charge in [-0.05, 0) is 12.1 Å². The Morgan fingerprint density at radius 2 is 2.27 bits per heavy atom. The maximum atomic E-state index is 13.0. The number of nitrogens with two attached hydrogens (primary N) is 1. The fourth-order valence-corrected chi connectivity index (χ4v) is 1.20. The van der Waals surface area contributed by atoms with Crippen molar-refractivity contribution < 1.29 is 13.9 Å². The van der Waals surface area contributed by atoms with E-state index >= 15 is 0 Å². The second-order valence-corrected chi connectivity index (χ2v) is 3.41. The van der Waals surface area contributed by atoms with Crippen LogP contribution < -0.4 is 10.5 Å². The van der Waals surface area contributed by atoms with Crippen LogP contribution in [0.5, 0.6) is 5.75 Å². The molecule has 0 heterocycles. The second kappa shape index (κ2) is 5.90. The average Bonchev–Trinajstić information content (AvgIpc) is 2.23. The highest BCUT2D eigenvalue weighted by atomic mass is 35.5. The Kier molecular flexibility index (Phi) is 4.81. The van der Waals surface area contributed by atoms with Gasteiger partial charge in [-0.3, -0.25) is 0 Å². The molecule has 0 aromatic heterocycles. The summed E-state index contributed by atoms with van der Waals surface area (Å²) in [4.78, 5) is 0. The van der Waals surface area contributed by atoms with Crippen LogP contribution in [-0.2, 0) is 4.74 Å². The molecule has 0 aliphatic heterocycles. The SMILES string of the molecule is COCC(CN)Oc1ccc(Cl)c(F)c1. The number of methoxy groups -OCH3 is 1. The highest BCUT2D eigenvalue weighted by Gasteiger charge is 2.09. The summed E-state index contributed by atoms with van der Waals surface area (Å²) in [5.41, 5.74) is 5.45. The highest BCUT2D eigenvalue weighted by Crippen LogP contribution is 2.21. The van der Waals surface area contributed by atoms with E-state index in [1.54, 1.807) is 13.2 Å². The summed E-state index contributed by atoms with van der Waals surface area (Å²) >= 11 is 5.53. The van der Waals surface area contributed by atoms with Gasteiger partial charge in [0.1, 0.15) is 17.7 Å². The van der Waals surface area contributed by atoms with Crippen LogP contribution in [0.15, 0.2) is 18.2 Å². The molecule has 0 saturated heterocycles. The maximum Gasteiger partial charge on any atom is 0.145 e. The first-order valence-corrected chi connectivity index (χ1v) is 4.86. The Hall–Kier alpha value is -0.840. The first-order chi connectivity index (χ1) is 7.17. The van der Waals surface area contributed by atoms with Crippen LogP contribution in [-0.4, -0.2) is 26.4 Å². The number of benzene rings is 1. The Morgan fingerprint density at radius 3 is 2.80 bits per heavy atom. The zero-order valence-electron chi connectivity index (χ0n) is 8.37. The molecule has 0 amide bonds. The average molecular weight is 234 g/mol. The Labute approximate surface area is 92.9 Å². The van der Waals surface area contributed by atoms with E-state index in [1.165, 1.54) is 12.1 Å². The van der Waals surface area contributed by atoms with Gasteiger partial charge in [-0.15, -0.1) is 0 Å². The molecular formula is C10H13ClFNO2. The van der Waals surface area contributed by atoms with Crippen molar-refractivity contribution in [2.24, 2.45) is 5.73 Å². The lowest BCUT2D eigenvalue weighted by molar-refractivity contribution is 0.0858. The monoisotopic (exact) mass is 233 g/mol. The fraction of sp³-hybridized carbons (Fsp3) is 0.400. The molecule has 1 unspecified atom stereocenters. The minimum Gasteiger partial charge on any atom is -0.487 e. The number of hydrogen-bond acceptors (Lipinski definition) is 3. The lowest BCUT2D eigenvalue weighted by Crippen LogP contribution is -2.31. The third kappa shape index (κ3) is 3.66. The van der Waals surface area contributed by atoms with Crippen molar-refractivity contribution in [2.75, 3.05) is 20.3 Å². The maximum absolute atomic E-state index is 13.0. The zero-order chi connectivity index (χ0) is 11.3. The predicted octanol–water partition coefficient (Wildman–Crippen LogP) is 1.83. The van der Waals surface area contributed by atoms with Gasteiger partial charge in [0.15, 0.2) is 0 Å². The van der Waals surface area contributed by atoms with Crippen molar-refractivity contribution in [1.29, 1.82) is 0 Å². The van der Waals surface area contributed by atoms with Gasteiger partial charge in [0.05, 0.1) is 11.6 Å². The zero-order valence-corrected chi connectivity index (χ0v) is 9.13. The molecule has 1 aromatic rings. The van der Waals surface area contributed by atoms with Crippen LogP contribution in [0.3, 0.4) is 0 Å². The molecule has 0 spiro atoms. The van der Waals surface area contributed by atoms with Gasteiger partial charge in [-0.1, -0.05) is 11.6 Å². The summed E-state index contributed by atoms with van der Waals surface area (Å²) < 4.78 is 23.3. The van der Waals surface area contributed by atoms with E-state index in [1.807, 2.05) is 0 Å². The normalized spacial score (nSPS) is 12.5. The third-order valence-corrected chi connectivity index (χ3v) is 2.12. The standard InChI is InChI=1S/C10H13ClFNO2/c1-14-6-8(5-13)15-7-2-3-9(11)10(12)4-7/h2-4,8H,5-6,13H2,1H3. The molecule has 1 aromatic carbocycles. The van der Waals surface area contributed by atoms with E-state index in [9.17, 15) is 4.39 Å². The van der Waals surface area contributed by atoms with Crippen molar-refractivity contribution in [3.8, 4) is 5.75 Å². The quantitative estimate of drug-likeness (QED) is 0.844. The van der Waals surface area contributed by atoms with Crippen molar-refractivity contribution >= 4 is 11.6 Å². The van der Waals surface area contributed by atoms with Gasteiger partial charge in [0, 0.05) is 19.7 Å². The van der Waals surface area contributed by atoms with E-state index < -0.39 is 5.82 Å². The van der Waals surface area contributed by atoms with Crippen LogP contribution >= 0.6 is 11.6 Å². The Bertz CT molecular complexity index is 322. The van der Waals surface area contributed by atoms with E-state index in [0.717, 1.165) is 0 Å². The molecule has 0 aliphatic rings. The smallest absolute Gasteiger partial charge is 0.145 e. The van der Waals surface area contributed by atoms with Crippen LogP contribution in [0.2, 0.25) is 5.02 Å². The van der Waals surface area contributed by atoms with Gasteiger partial charge in [-0.25, -0.2) is 4.39 Å². The third-order valence-electron chi connectivity index (χ3n) is 1.81. The first-order valence-electron chi connectivity index (χ1n) is 4.48. The summed E-state index contributed by atoms with van der Waals surface area (Å²) in [7, 11) is 1.55. The summed E-state index contributed by atoms with van der Waals surface area (Å²) in [6.45, 7) is 0.666. The molecule has 0 bridgehead atoms. The summed E-state index contributed by atoms with van der Waals surface area (Å²) in [5.74, 6) is -0.119. The van der Waals surface area contributed by atoms with Crippen LogP contribution in [0.4, 0.5) is 4.39 Å². The van der Waals surface area contributed by atoms with Gasteiger partial charge in [0.25, 0.3) is 0 Å². The molecule has 15 heavy (non-hydrogen) atoms. The number of halogens is 2. The van der Waals surface area contributed by atoms with Crippen molar-refractivity contribution in [3.63, 3.8) is 0 Å². The lowest BCUT2D eigenvalue weighted by Gasteiger charge is -2.16. The van der Waals surface area contributed by atoms with Crippen molar-refractivity contribution in [1.82, 2.24) is 0 Å². The largest absolute Gasteiger partial charge is 0.487 e. The molecule has 0 fully saturated rings. The predicted molar refractivity (Wildman–Crippen MR) is 56.8 cm³/mol. The molecule has 3 nitrogen and oxygen atoms in total. The van der Waals surface area contributed by atoms with Crippen LogP contribution in [0.25, 0.3) is 0 Å². The first kappa shape index (κ1) is 12.2. The van der Waals surface area contributed by atoms with Gasteiger partial charge < -0.3 is 15.2 Å². The highest BCUT2D eigenvalue weighted by molar-refractivity contribution is 6.30. The number of rotatable bonds is 5. The van der Waals surface area contributed by atoms with Gasteiger partial charge in [0.2, 0.25) is 0 Å². The molecule has 1 rings (SSSR count). The minimum atomic E-state index is -0.512. The summed E-state index contributed by atoms with van der Waals surface area (Å²) in [6.07, 6.45) is -0.282. The van der Waals surface area contributed by atoms with Crippen molar-refractivity contribution in [3.05, 3.63) is 29.0 Å². The molecule has 5 heteroatoms. The molecule has 2 N–H and O–H groups in total. The topological polar surface area (TPSA) is 44.5 Å². The molecule has 0 saturated carbocycles. The van der Waals surface area contributed by atoms with E-state index in [-0.39, 0.29) is 11.1 Å². The number of ether oxygens (including phenoxy) is 2. The van der Waals surface area contributed by atoms with Gasteiger partial charge in [-0.2, -0.15) is 0 Å². The minimum absolute atomic E-state index is 0.0680. The summed E-state index contributed by atoms with van der Waals surface area (Å²) in [6, 6.07) is 4.25. The Balaban J connectivity index is 2.66.